The van der Waals surface area contributed by atoms with E-state index in [1.54, 1.807) is 0 Å². The van der Waals surface area contributed by atoms with Gasteiger partial charge in [0.15, 0.2) is 0 Å². The molecule has 1 fully saturated rings. The van der Waals surface area contributed by atoms with Gasteiger partial charge in [-0.2, -0.15) is 0 Å². The van der Waals surface area contributed by atoms with E-state index in [9.17, 15) is 4.79 Å². The number of hydrogen-bond acceptors (Lipinski definition) is 7. The van der Waals surface area contributed by atoms with E-state index in [-0.39, 0.29) is 19.6 Å². The monoisotopic (exact) mass is 658 g/mol. The predicted octanol–water partition coefficient (Wildman–Crippen LogP) is 7.47. The van der Waals surface area contributed by atoms with Gasteiger partial charge in [0.25, 0.3) is 0 Å². The largest absolute Gasteiger partial charge is 0.432 e. The molecule has 0 aliphatic carbocycles. The third kappa shape index (κ3) is 10.4. The van der Waals surface area contributed by atoms with E-state index >= 15 is 0 Å². The summed E-state index contributed by atoms with van der Waals surface area (Å²) in [6, 6.07) is 49.2. The first-order valence-electron chi connectivity index (χ1n) is 16.7. The fourth-order valence-corrected chi connectivity index (χ4v) is 5.78. The average Bonchev–Trinajstić information content (AvgIpc) is 3.15. The molecule has 0 bridgehead atoms. The molecule has 1 saturated heterocycles. The van der Waals surface area contributed by atoms with Crippen LogP contribution in [0.4, 0.5) is 0 Å². The van der Waals surface area contributed by atoms with Crippen molar-refractivity contribution in [1.29, 1.82) is 0 Å². The van der Waals surface area contributed by atoms with Crippen molar-refractivity contribution in [2.24, 2.45) is 0 Å². The van der Waals surface area contributed by atoms with Gasteiger partial charge in [-0.05, 0) is 27.8 Å². The standard InChI is InChI=1S/C42H42O7/c43-38(26-32-16-6-1-7-17-32)49-42-41(47-30-36-24-14-5-15-25-36)40(46-29-35-22-12-4-13-23-35)39(45-28-34-20-10-3-11-21-34)37(48-42)31-44-27-33-18-8-2-9-19-33/h1-25,37,39-42H,26-31H2/t37-,39-,40+,41-,42+/m1/s1. The van der Waals surface area contributed by atoms with Crippen LogP contribution >= 0.6 is 0 Å². The minimum absolute atomic E-state index is 0.0880. The van der Waals surface area contributed by atoms with Crippen LogP contribution in [0.2, 0.25) is 0 Å². The Morgan fingerprint density at radius 1 is 0.469 bits per heavy atom. The summed E-state index contributed by atoms with van der Waals surface area (Å²) in [5.41, 5.74) is 4.84. The molecular weight excluding hydrogens is 616 g/mol. The van der Waals surface area contributed by atoms with Crippen molar-refractivity contribution in [2.75, 3.05) is 6.61 Å². The van der Waals surface area contributed by atoms with E-state index in [0.717, 1.165) is 27.8 Å². The first kappa shape index (κ1) is 34.2. The molecule has 0 saturated carbocycles. The van der Waals surface area contributed by atoms with Crippen LogP contribution in [0.1, 0.15) is 27.8 Å². The van der Waals surface area contributed by atoms with Gasteiger partial charge in [-0.25, -0.2) is 0 Å². The molecule has 0 amide bonds. The molecule has 5 aromatic rings. The van der Waals surface area contributed by atoms with Crippen LogP contribution < -0.4 is 0 Å². The molecular formula is C42H42O7. The molecule has 7 nitrogen and oxygen atoms in total. The minimum atomic E-state index is -1.08. The van der Waals surface area contributed by atoms with Gasteiger partial charge in [-0.15, -0.1) is 0 Å². The van der Waals surface area contributed by atoms with Gasteiger partial charge in [-0.3, -0.25) is 4.79 Å². The van der Waals surface area contributed by atoms with E-state index in [0.29, 0.717) is 19.8 Å². The summed E-state index contributed by atoms with van der Waals surface area (Å²) >= 11 is 0. The van der Waals surface area contributed by atoms with E-state index in [4.69, 9.17) is 28.4 Å². The zero-order chi connectivity index (χ0) is 33.5. The van der Waals surface area contributed by atoms with Gasteiger partial charge in [-0.1, -0.05) is 152 Å². The van der Waals surface area contributed by atoms with Crippen molar-refractivity contribution in [3.05, 3.63) is 179 Å². The maximum absolute atomic E-state index is 13.4. The summed E-state index contributed by atoms with van der Waals surface area (Å²) in [7, 11) is 0. The maximum atomic E-state index is 13.4. The van der Waals surface area contributed by atoms with Crippen LogP contribution in [-0.4, -0.2) is 43.3 Å². The molecule has 252 valence electrons. The number of hydrogen-bond donors (Lipinski definition) is 0. The Balaban J connectivity index is 1.30. The van der Waals surface area contributed by atoms with Crippen LogP contribution in [-0.2, 0) is 66.1 Å². The maximum Gasteiger partial charge on any atom is 0.312 e. The Morgan fingerprint density at radius 3 is 1.33 bits per heavy atom. The van der Waals surface area contributed by atoms with Gasteiger partial charge in [0, 0.05) is 0 Å². The Bertz CT molecular complexity index is 1650. The summed E-state index contributed by atoms with van der Waals surface area (Å²) in [5, 5.41) is 0. The van der Waals surface area contributed by atoms with Gasteiger partial charge >= 0.3 is 5.97 Å². The molecule has 5 aromatic carbocycles. The third-order valence-electron chi connectivity index (χ3n) is 8.28. The highest BCUT2D eigenvalue weighted by molar-refractivity contribution is 5.72. The molecule has 1 aliphatic rings. The molecule has 0 N–H and O–H groups in total. The Morgan fingerprint density at radius 2 is 0.857 bits per heavy atom. The van der Waals surface area contributed by atoms with Crippen LogP contribution in [0.15, 0.2) is 152 Å². The highest BCUT2D eigenvalue weighted by Gasteiger charge is 2.50. The van der Waals surface area contributed by atoms with Crippen LogP contribution in [0.3, 0.4) is 0 Å². The molecule has 1 aliphatic heterocycles. The number of carbonyl (C=O) groups excluding carboxylic acids is 1. The van der Waals surface area contributed by atoms with Crippen molar-refractivity contribution in [3.8, 4) is 0 Å². The summed E-state index contributed by atoms with van der Waals surface area (Å²) in [5.74, 6) is -0.432. The molecule has 1 heterocycles. The molecule has 5 atom stereocenters. The zero-order valence-electron chi connectivity index (χ0n) is 27.4. The van der Waals surface area contributed by atoms with E-state index in [1.165, 1.54) is 0 Å². The Hall–Kier alpha value is -4.63. The quantitative estimate of drug-likeness (QED) is 0.102. The molecule has 0 unspecified atom stereocenters. The van der Waals surface area contributed by atoms with Gasteiger partial charge in [0.1, 0.15) is 24.4 Å². The van der Waals surface area contributed by atoms with Crippen LogP contribution in [0, 0.1) is 0 Å². The second-order valence-corrected chi connectivity index (χ2v) is 12.0. The molecule has 6 rings (SSSR count). The minimum Gasteiger partial charge on any atom is -0.432 e. The molecule has 0 radical (unpaired) electrons. The lowest BCUT2D eigenvalue weighted by Crippen LogP contribution is -2.62. The SMILES string of the molecule is O=C(Cc1ccccc1)O[C@@H]1O[C@H](COCc2ccccc2)[C@@H](OCc2ccccc2)[C@H](OCc2ccccc2)[C@H]1OCc1ccccc1. The number of benzene rings is 5. The summed E-state index contributed by atoms with van der Waals surface area (Å²) < 4.78 is 38.9. The smallest absolute Gasteiger partial charge is 0.312 e. The molecule has 49 heavy (non-hydrogen) atoms. The van der Waals surface area contributed by atoms with E-state index in [1.807, 2.05) is 152 Å². The highest BCUT2D eigenvalue weighted by Crippen LogP contribution is 2.32. The van der Waals surface area contributed by atoms with Crippen molar-refractivity contribution >= 4 is 5.97 Å². The predicted molar refractivity (Wildman–Crippen MR) is 186 cm³/mol. The second-order valence-electron chi connectivity index (χ2n) is 12.0. The number of esters is 1. The summed E-state index contributed by atoms with van der Waals surface area (Å²) in [6.07, 6.45) is -3.74. The van der Waals surface area contributed by atoms with Crippen molar-refractivity contribution in [3.63, 3.8) is 0 Å². The normalized spacial score (nSPS) is 20.4. The van der Waals surface area contributed by atoms with Crippen molar-refractivity contribution < 1.29 is 33.2 Å². The van der Waals surface area contributed by atoms with Gasteiger partial charge in [0.05, 0.1) is 39.5 Å². The topological polar surface area (TPSA) is 72.5 Å². The van der Waals surface area contributed by atoms with Crippen LogP contribution in [0.25, 0.3) is 0 Å². The first-order valence-corrected chi connectivity index (χ1v) is 16.7. The van der Waals surface area contributed by atoms with E-state index < -0.39 is 36.7 Å². The second kappa shape index (κ2) is 18.2. The third-order valence-corrected chi connectivity index (χ3v) is 8.28. The van der Waals surface area contributed by atoms with Crippen LogP contribution in [0.5, 0.6) is 0 Å². The molecule has 0 aromatic heterocycles. The Labute approximate surface area is 288 Å². The molecule has 7 heteroatoms. The van der Waals surface area contributed by atoms with Gasteiger partial charge < -0.3 is 28.4 Å². The van der Waals surface area contributed by atoms with Crippen molar-refractivity contribution in [2.45, 2.75) is 63.6 Å². The zero-order valence-corrected chi connectivity index (χ0v) is 27.4. The number of carbonyl (C=O) groups is 1. The lowest BCUT2D eigenvalue weighted by Gasteiger charge is -2.45. The van der Waals surface area contributed by atoms with Crippen molar-refractivity contribution in [1.82, 2.24) is 0 Å². The highest BCUT2D eigenvalue weighted by atomic mass is 16.7. The fraction of sp³-hybridized carbons (Fsp3) is 0.262. The Kier molecular flexibility index (Phi) is 12.7. The summed E-state index contributed by atoms with van der Waals surface area (Å²) in [6.45, 7) is 1.43. The number of ether oxygens (including phenoxy) is 6. The van der Waals surface area contributed by atoms with E-state index in [2.05, 4.69) is 0 Å². The first-order chi connectivity index (χ1) is 24.2. The summed E-state index contributed by atoms with van der Waals surface area (Å²) in [4.78, 5) is 13.4. The fourth-order valence-electron chi connectivity index (χ4n) is 5.78. The molecule has 0 spiro atoms. The van der Waals surface area contributed by atoms with Gasteiger partial charge in [0.2, 0.25) is 6.29 Å². The lowest BCUT2D eigenvalue weighted by atomic mass is 9.97. The average molecular weight is 659 g/mol. The number of rotatable bonds is 16. The lowest BCUT2D eigenvalue weighted by molar-refractivity contribution is -0.320.